The Balaban J connectivity index is 2.04. The fourth-order valence-electron chi connectivity index (χ4n) is 1.78. The van der Waals surface area contributed by atoms with E-state index >= 15 is 0 Å². The van der Waals surface area contributed by atoms with Gasteiger partial charge in [-0.2, -0.15) is 0 Å². The van der Waals surface area contributed by atoms with Crippen LogP contribution in [0.3, 0.4) is 0 Å². The summed E-state index contributed by atoms with van der Waals surface area (Å²) >= 11 is 0. The fourth-order valence-corrected chi connectivity index (χ4v) is 1.78. The van der Waals surface area contributed by atoms with E-state index in [2.05, 4.69) is 27.1 Å². The molecule has 108 valence electrons. The maximum Gasteiger partial charge on any atom is 0.252 e. The van der Waals surface area contributed by atoms with E-state index in [9.17, 15) is 9.18 Å². The van der Waals surface area contributed by atoms with E-state index in [0.717, 1.165) is 5.69 Å². The lowest BCUT2D eigenvalue weighted by molar-refractivity contribution is 0.0954. The van der Waals surface area contributed by atoms with Crippen LogP contribution in [-0.4, -0.2) is 34.1 Å². The number of aromatic amines is 1. The monoisotopic (exact) mass is 287 g/mol. The largest absolute Gasteiger partial charge is 0.384 e. The molecule has 1 aromatic heterocycles. The van der Waals surface area contributed by atoms with Gasteiger partial charge in [-0.15, -0.1) is 0 Å². The molecular formula is C15H14FN3O2. The SMILES string of the molecule is O=C(NCCc1cnc[nH]1)c1ccc(F)cc1C#CCO. The van der Waals surface area contributed by atoms with E-state index in [0.29, 0.717) is 13.0 Å². The van der Waals surface area contributed by atoms with Gasteiger partial charge in [0, 0.05) is 30.4 Å². The van der Waals surface area contributed by atoms with Crippen LogP contribution < -0.4 is 5.32 Å². The molecule has 0 bridgehead atoms. The number of imidazole rings is 1. The molecule has 0 aliphatic heterocycles. The molecule has 1 heterocycles. The molecule has 2 aromatic rings. The summed E-state index contributed by atoms with van der Waals surface area (Å²) in [6.45, 7) is 0.0721. The maximum absolute atomic E-state index is 13.2. The summed E-state index contributed by atoms with van der Waals surface area (Å²) < 4.78 is 13.2. The van der Waals surface area contributed by atoms with Crippen molar-refractivity contribution in [2.75, 3.05) is 13.2 Å². The number of hydrogen-bond donors (Lipinski definition) is 3. The summed E-state index contributed by atoms with van der Waals surface area (Å²) in [5.41, 5.74) is 1.44. The Bertz CT molecular complexity index is 672. The summed E-state index contributed by atoms with van der Waals surface area (Å²) in [5.74, 6) is 4.17. The topological polar surface area (TPSA) is 78.0 Å². The van der Waals surface area contributed by atoms with Gasteiger partial charge in [0.05, 0.1) is 11.9 Å². The van der Waals surface area contributed by atoms with Crippen LogP contribution in [-0.2, 0) is 6.42 Å². The first-order valence-electron chi connectivity index (χ1n) is 6.35. The number of H-pyrrole nitrogens is 1. The highest BCUT2D eigenvalue weighted by molar-refractivity contribution is 5.96. The molecule has 0 atom stereocenters. The highest BCUT2D eigenvalue weighted by Gasteiger charge is 2.10. The third-order valence-electron chi connectivity index (χ3n) is 2.76. The van der Waals surface area contributed by atoms with Crippen molar-refractivity contribution in [1.29, 1.82) is 0 Å². The lowest BCUT2D eigenvalue weighted by Gasteiger charge is -2.06. The molecule has 0 spiro atoms. The fraction of sp³-hybridized carbons (Fsp3) is 0.200. The zero-order chi connectivity index (χ0) is 15.1. The van der Waals surface area contributed by atoms with E-state index in [1.807, 2.05) is 0 Å². The van der Waals surface area contributed by atoms with Gasteiger partial charge < -0.3 is 15.4 Å². The Labute approximate surface area is 121 Å². The van der Waals surface area contributed by atoms with Gasteiger partial charge in [0.25, 0.3) is 5.91 Å². The second kappa shape index (κ2) is 7.22. The number of nitrogens with zero attached hydrogens (tertiary/aromatic N) is 1. The van der Waals surface area contributed by atoms with Crippen molar-refractivity contribution < 1.29 is 14.3 Å². The molecule has 1 aromatic carbocycles. The van der Waals surface area contributed by atoms with E-state index in [-0.39, 0.29) is 23.6 Å². The van der Waals surface area contributed by atoms with Gasteiger partial charge in [0.2, 0.25) is 0 Å². The van der Waals surface area contributed by atoms with Crippen molar-refractivity contribution in [2.24, 2.45) is 0 Å². The van der Waals surface area contributed by atoms with E-state index in [1.165, 1.54) is 18.2 Å². The minimum absolute atomic E-state index is 0.253. The van der Waals surface area contributed by atoms with Crippen LogP contribution in [0.25, 0.3) is 0 Å². The normalized spacial score (nSPS) is 9.81. The Hall–Kier alpha value is -2.65. The Morgan fingerprint density at radius 3 is 3.05 bits per heavy atom. The molecule has 0 unspecified atom stereocenters. The highest BCUT2D eigenvalue weighted by Crippen LogP contribution is 2.10. The third-order valence-corrected chi connectivity index (χ3v) is 2.76. The summed E-state index contributed by atoms with van der Waals surface area (Å²) in [4.78, 5) is 18.9. The second-order valence-electron chi connectivity index (χ2n) is 4.23. The Morgan fingerprint density at radius 1 is 1.48 bits per heavy atom. The highest BCUT2D eigenvalue weighted by atomic mass is 19.1. The molecule has 1 amide bonds. The zero-order valence-corrected chi connectivity index (χ0v) is 11.2. The smallest absolute Gasteiger partial charge is 0.252 e. The van der Waals surface area contributed by atoms with Crippen LogP contribution in [0, 0.1) is 17.7 Å². The lowest BCUT2D eigenvalue weighted by atomic mass is 10.1. The molecule has 0 aliphatic rings. The molecule has 0 saturated carbocycles. The van der Waals surface area contributed by atoms with Crippen LogP contribution in [0.15, 0.2) is 30.7 Å². The van der Waals surface area contributed by atoms with Gasteiger partial charge in [0.1, 0.15) is 12.4 Å². The second-order valence-corrected chi connectivity index (χ2v) is 4.23. The average Bonchev–Trinajstić information content (AvgIpc) is 2.98. The predicted molar refractivity (Wildman–Crippen MR) is 75.0 cm³/mol. The van der Waals surface area contributed by atoms with Gasteiger partial charge >= 0.3 is 0 Å². The summed E-state index contributed by atoms with van der Waals surface area (Å²) in [6.07, 6.45) is 3.87. The minimum atomic E-state index is -0.480. The van der Waals surface area contributed by atoms with Gasteiger partial charge in [-0.3, -0.25) is 4.79 Å². The number of carbonyl (C=O) groups excluding carboxylic acids is 1. The van der Waals surface area contributed by atoms with Crippen LogP contribution in [0.1, 0.15) is 21.6 Å². The molecule has 0 fully saturated rings. The molecular weight excluding hydrogens is 273 g/mol. The van der Waals surface area contributed by atoms with E-state index in [1.54, 1.807) is 12.5 Å². The van der Waals surface area contributed by atoms with Crippen molar-refractivity contribution in [3.8, 4) is 11.8 Å². The lowest BCUT2D eigenvalue weighted by Crippen LogP contribution is -2.26. The van der Waals surface area contributed by atoms with Crippen molar-refractivity contribution in [3.05, 3.63) is 53.4 Å². The summed E-state index contributed by atoms with van der Waals surface area (Å²) in [7, 11) is 0. The third kappa shape index (κ3) is 4.16. The number of halogens is 1. The first-order valence-corrected chi connectivity index (χ1v) is 6.35. The van der Waals surface area contributed by atoms with Gasteiger partial charge in [-0.25, -0.2) is 9.37 Å². The van der Waals surface area contributed by atoms with Crippen molar-refractivity contribution in [2.45, 2.75) is 6.42 Å². The molecule has 0 saturated heterocycles. The minimum Gasteiger partial charge on any atom is -0.384 e. The molecule has 3 N–H and O–H groups in total. The van der Waals surface area contributed by atoms with Crippen LogP contribution in [0.2, 0.25) is 0 Å². The standard InChI is InChI=1S/C15H14FN3O2/c16-12-3-4-14(11(8-12)2-1-7-20)15(21)18-6-5-13-9-17-10-19-13/h3-4,8-10,20H,5-7H2,(H,17,19)(H,18,21). The molecule has 5 nitrogen and oxygen atoms in total. The molecule has 2 rings (SSSR count). The number of aliphatic hydroxyl groups excluding tert-OH is 1. The number of amides is 1. The van der Waals surface area contributed by atoms with Crippen molar-refractivity contribution >= 4 is 5.91 Å². The Morgan fingerprint density at radius 2 is 2.33 bits per heavy atom. The predicted octanol–water partition coefficient (Wildman–Crippen LogP) is 0.865. The number of carbonyl (C=O) groups is 1. The zero-order valence-electron chi connectivity index (χ0n) is 11.2. The number of hydrogen-bond acceptors (Lipinski definition) is 3. The van der Waals surface area contributed by atoms with Crippen molar-refractivity contribution in [1.82, 2.24) is 15.3 Å². The Kier molecular flexibility index (Phi) is 5.07. The van der Waals surface area contributed by atoms with E-state index in [4.69, 9.17) is 5.11 Å². The molecule has 6 heteroatoms. The quantitative estimate of drug-likeness (QED) is 0.730. The van der Waals surface area contributed by atoms with E-state index < -0.39 is 5.82 Å². The molecule has 21 heavy (non-hydrogen) atoms. The van der Waals surface area contributed by atoms with Crippen LogP contribution in [0.5, 0.6) is 0 Å². The number of aromatic nitrogens is 2. The average molecular weight is 287 g/mol. The van der Waals surface area contributed by atoms with Gasteiger partial charge in [-0.05, 0) is 18.2 Å². The first-order chi connectivity index (χ1) is 10.2. The summed E-state index contributed by atoms with van der Waals surface area (Å²) in [5, 5.41) is 11.4. The van der Waals surface area contributed by atoms with Crippen LogP contribution in [0.4, 0.5) is 4.39 Å². The number of benzene rings is 1. The first kappa shape index (κ1) is 14.8. The summed E-state index contributed by atoms with van der Waals surface area (Å²) in [6, 6.07) is 3.75. The van der Waals surface area contributed by atoms with Crippen molar-refractivity contribution in [3.63, 3.8) is 0 Å². The number of aliphatic hydroxyl groups is 1. The van der Waals surface area contributed by atoms with Crippen LogP contribution >= 0.6 is 0 Å². The molecule has 0 aliphatic carbocycles. The van der Waals surface area contributed by atoms with Gasteiger partial charge in [-0.1, -0.05) is 11.8 Å². The number of rotatable bonds is 4. The number of nitrogens with one attached hydrogen (secondary N) is 2. The maximum atomic E-state index is 13.2. The molecule has 0 radical (unpaired) electrons. The van der Waals surface area contributed by atoms with Gasteiger partial charge in [0.15, 0.2) is 0 Å².